The normalized spacial score (nSPS) is 21.2. The van der Waals surface area contributed by atoms with Crippen LogP contribution in [0.5, 0.6) is 0 Å². The summed E-state index contributed by atoms with van der Waals surface area (Å²) in [5.41, 5.74) is 0.933. The number of urea groups is 1. The number of nitrogens with zero attached hydrogens (tertiary/aromatic N) is 4. The molecule has 2 fully saturated rings. The van der Waals surface area contributed by atoms with E-state index in [1.807, 2.05) is 19.9 Å². The summed E-state index contributed by atoms with van der Waals surface area (Å²) >= 11 is 0. The summed E-state index contributed by atoms with van der Waals surface area (Å²) in [6.45, 7) is 5.01. The maximum absolute atomic E-state index is 13.2. The van der Waals surface area contributed by atoms with E-state index in [2.05, 4.69) is 20.2 Å². The van der Waals surface area contributed by atoms with E-state index < -0.39 is 12.5 Å². The molecule has 0 atom stereocenters. The van der Waals surface area contributed by atoms with Gasteiger partial charge in [0.2, 0.25) is 0 Å². The van der Waals surface area contributed by atoms with Crippen LogP contribution in [0.25, 0.3) is 0 Å². The minimum Gasteiger partial charge on any atom is -0.356 e. The summed E-state index contributed by atoms with van der Waals surface area (Å²) in [4.78, 5) is 24.2. The fourth-order valence-electron chi connectivity index (χ4n) is 3.29. The monoisotopic (exact) mass is 339 g/mol. The molecule has 132 valence electrons. The van der Waals surface area contributed by atoms with Gasteiger partial charge in [-0.25, -0.2) is 23.5 Å². The van der Waals surface area contributed by atoms with E-state index >= 15 is 0 Å². The number of halogens is 2. The Morgan fingerprint density at radius 2 is 1.96 bits per heavy atom. The molecule has 24 heavy (non-hydrogen) atoms. The molecule has 0 unspecified atom stereocenters. The van der Waals surface area contributed by atoms with Crippen LogP contribution in [0.2, 0.25) is 0 Å². The van der Waals surface area contributed by atoms with Crippen molar-refractivity contribution in [3.63, 3.8) is 0 Å². The van der Waals surface area contributed by atoms with Crippen LogP contribution in [0.1, 0.15) is 30.8 Å². The maximum atomic E-state index is 13.2. The molecule has 1 aromatic heterocycles. The number of likely N-dealkylation sites (tertiary alicyclic amines) is 1. The van der Waals surface area contributed by atoms with Crippen LogP contribution in [-0.4, -0.2) is 59.0 Å². The van der Waals surface area contributed by atoms with E-state index in [-0.39, 0.29) is 25.0 Å². The number of carbonyl (C=O) groups is 1. The third-order valence-electron chi connectivity index (χ3n) is 4.56. The van der Waals surface area contributed by atoms with Crippen molar-refractivity contribution in [3.8, 4) is 0 Å². The molecule has 0 saturated carbocycles. The van der Waals surface area contributed by atoms with Crippen molar-refractivity contribution in [1.82, 2.24) is 20.2 Å². The number of aryl methyl sites for hydroxylation is 2. The van der Waals surface area contributed by atoms with Gasteiger partial charge in [0.25, 0.3) is 5.92 Å². The molecule has 2 aliphatic rings. The SMILES string of the molecule is Cc1cc(N2CCC(NC(=O)N3CCC(F)(F)C3)CC2)nc(C)n1. The highest BCUT2D eigenvalue weighted by Gasteiger charge is 2.40. The number of piperidine rings is 1. The highest BCUT2D eigenvalue weighted by molar-refractivity contribution is 5.75. The Morgan fingerprint density at radius 3 is 2.54 bits per heavy atom. The minimum absolute atomic E-state index is 0.0204. The molecule has 1 aromatic rings. The first-order valence-electron chi connectivity index (χ1n) is 8.33. The first kappa shape index (κ1) is 16.9. The zero-order valence-corrected chi connectivity index (χ0v) is 14.1. The van der Waals surface area contributed by atoms with Crippen molar-refractivity contribution in [2.75, 3.05) is 31.1 Å². The van der Waals surface area contributed by atoms with Crippen molar-refractivity contribution >= 4 is 11.8 Å². The third kappa shape index (κ3) is 3.91. The molecule has 0 bridgehead atoms. The predicted molar refractivity (Wildman–Crippen MR) is 86.4 cm³/mol. The standard InChI is InChI=1S/C16H23F2N5O/c1-11-9-14(20-12(2)19-11)22-6-3-13(4-7-22)21-15(24)23-8-5-16(17,18)10-23/h9,13H,3-8,10H2,1-2H3,(H,21,24). The molecular weight excluding hydrogens is 316 g/mol. The molecule has 0 spiro atoms. The molecule has 3 rings (SSSR count). The molecule has 6 nitrogen and oxygen atoms in total. The van der Waals surface area contributed by atoms with Gasteiger partial charge >= 0.3 is 6.03 Å². The Morgan fingerprint density at radius 1 is 1.25 bits per heavy atom. The number of nitrogens with one attached hydrogen (secondary N) is 1. The number of amides is 2. The average Bonchev–Trinajstić information content (AvgIpc) is 2.87. The number of alkyl halides is 2. The first-order valence-corrected chi connectivity index (χ1v) is 8.33. The van der Waals surface area contributed by atoms with Crippen molar-refractivity contribution in [2.24, 2.45) is 0 Å². The molecule has 2 amide bonds. The van der Waals surface area contributed by atoms with Crippen LogP contribution < -0.4 is 10.2 Å². The van der Waals surface area contributed by atoms with Gasteiger partial charge in [-0.3, -0.25) is 0 Å². The van der Waals surface area contributed by atoms with Gasteiger partial charge in [-0.05, 0) is 26.7 Å². The van der Waals surface area contributed by atoms with Gasteiger partial charge in [-0.1, -0.05) is 0 Å². The van der Waals surface area contributed by atoms with Crippen molar-refractivity contribution in [3.05, 3.63) is 17.6 Å². The molecule has 0 aromatic carbocycles. The van der Waals surface area contributed by atoms with Crippen LogP contribution in [-0.2, 0) is 0 Å². The molecule has 2 saturated heterocycles. The van der Waals surface area contributed by atoms with Gasteiger partial charge in [0.15, 0.2) is 0 Å². The smallest absolute Gasteiger partial charge is 0.317 e. The van der Waals surface area contributed by atoms with Crippen LogP contribution in [0, 0.1) is 13.8 Å². The molecular formula is C16H23F2N5O. The van der Waals surface area contributed by atoms with E-state index in [1.165, 1.54) is 4.90 Å². The quantitative estimate of drug-likeness (QED) is 0.896. The molecule has 2 aliphatic heterocycles. The lowest BCUT2D eigenvalue weighted by Crippen LogP contribution is -2.49. The number of anilines is 1. The van der Waals surface area contributed by atoms with E-state index in [0.29, 0.717) is 0 Å². The lowest BCUT2D eigenvalue weighted by molar-refractivity contribution is 0.0152. The molecule has 8 heteroatoms. The van der Waals surface area contributed by atoms with Gasteiger partial charge in [0, 0.05) is 43.9 Å². The van der Waals surface area contributed by atoms with Crippen molar-refractivity contribution in [2.45, 2.75) is 45.1 Å². The fourth-order valence-corrected chi connectivity index (χ4v) is 3.29. The van der Waals surface area contributed by atoms with Gasteiger partial charge in [0.05, 0.1) is 6.54 Å². The predicted octanol–water partition coefficient (Wildman–Crippen LogP) is 2.11. The maximum Gasteiger partial charge on any atom is 0.317 e. The lowest BCUT2D eigenvalue weighted by Gasteiger charge is -2.34. The van der Waals surface area contributed by atoms with Gasteiger partial charge in [-0.15, -0.1) is 0 Å². The Hall–Kier alpha value is -1.99. The number of hydrogen-bond donors (Lipinski definition) is 1. The average molecular weight is 339 g/mol. The molecule has 1 N–H and O–H groups in total. The van der Waals surface area contributed by atoms with Crippen molar-refractivity contribution < 1.29 is 13.6 Å². The first-order chi connectivity index (χ1) is 11.3. The van der Waals surface area contributed by atoms with Crippen LogP contribution >= 0.6 is 0 Å². The van der Waals surface area contributed by atoms with Gasteiger partial charge in [-0.2, -0.15) is 0 Å². The summed E-state index contributed by atoms with van der Waals surface area (Å²) in [6, 6.07) is 1.60. The summed E-state index contributed by atoms with van der Waals surface area (Å²) in [6.07, 6.45) is 1.31. The number of aromatic nitrogens is 2. The lowest BCUT2D eigenvalue weighted by atomic mass is 10.1. The Bertz CT molecular complexity index is 596. The minimum atomic E-state index is -2.75. The second-order valence-electron chi connectivity index (χ2n) is 6.65. The Kier molecular flexibility index (Phi) is 4.56. The van der Waals surface area contributed by atoms with Crippen LogP contribution in [0.4, 0.5) is 19.4 Å². The highest BCUT2D eigenvalue weighted by atomic mass is 19.3. The Labute approximate surface area is 140 Å². The zero-order valence-electron chi connectivity index (χ0n) is 14.1. The Balaban J connectivity index is 1.51. The van der Waals surface area contributed by atoms with E-state index in [1.54, 1.807) is 0 Å². The second-order valence-corrected chi connectivity index (χ2v) is 6.65. The summed E-state index contributed by atoms with van der Waals surface area (Å²) in [5.74, 6) is -1.09. The van der Waals surface area contributed by atoms with Crippen LogP contribution in [0.3, 0.4) is 0 Å². The zero-order chi connectivity index (χ0) is 17.3. The summed E-state index contributed by atoms with van der Waals surface area (Å²) in [7, 11) is 0. The molecule has 0 aliphatic carbocycles. The number of hydrogen-bond acceptors (Lipinski definition) is 4. The van der Waals surface area contributed by atoms with Gasteiger partial charge < -0.3 is 15.1 Å². The van der Waals surface area contributed by atoms with E-state index in [4.69, 9.17) is 0 Å². The molecule has 0 radical (unpaired) electrons. The molecule has 3 heterocycles. The summed E-state index contributed by atoms with van der Waals surface area (Å²) < 4.78 is 26.4. The fraction of sp³-hybridized carbons (Fsp3) is 0.688. The van der Waals surface area contributed by atoms with E-state index in [9.17, 15) is 13.6 Å². The van der Waals surface area contributed by atoms with Crippen molar-refractivity contribution in [1.29, 1.82) is 0 Å². The van der Waals surface area contributed by atoms with Crippen LogP contribution in [0.15, 0.2) is 6.07 Å². The third-order valence-corrected chi connectivity index (χ3v) is 4.56. The second kappa shape index (κ2) is 6.49. The number of rotatable bonds is 2. The van der Waals surface area contributed by atoms with Gasteiger partial charge in [0.1, 0.15) is 11.6 Å². The largest absolute Gasteiger partial charge is 0.356 e. The summed E-state index contributed by atoms with van der Waals surface area (Å²) in [5, 5.41) is 2.89. The number of carbonyl (C=O) groups excluding carboxylic acids is 1. The topological polar surface area (TPSA) is 61.4 Å². The highest BCUT2D eigenvalue weighted by Crippen LogP contribution is 2.27. The van der Waals surface area contributed by atoms with E-state index in [0.717, 1.165) is 43.3 Å².